The number of hydrogen-bond acceptors (Lipinski definition) is 4. The van der Waals surface area contributed by atoms with Crippen molar-refractivity contribution >= 4 is 40.6 Å². The van der Waals surface area contributed by atoms with Crippen LogP contribution in [0.15, 0.2) is 54.2 Å². The monoisotopic (exact) mass is 424 g/mol. The first-order valence-corrected chi connectivity index (χ1v) is 8.98. The molecule has 3 rings (SSSR count). The molecule has 1 aromatic carbocycles. The fourth-order valence-corrected chi connectivity index (χ4v) is 2.88. The number of nitrogens with zero attached hydrogens (tertiary/aromatic N) is 2. The summed E-state index contributed by atoms with van der Waals surface area (Å²) in [5.74, 6) is -2.86. The van der Waals surface area contributed by atoms with Gasteiger partial charge in [-0.2, -0.15) is 13.2 Å². The minimum atomic E-state index is -5.16. The lowest BCUT2D eigenvalue weighted by atomic mass is 10.1. The topological polar surface area (TPSA) is 74.3 Å². The third-order valence-electron chi connectivity index (χ3n) is 4.14. The third kappa shape index (κ3) is 4.93. The second kappa shape index (κ2) is 8.62. The quantitative estimate of drug-likeness (QED) is 0.782. The van der Waals surface area contributed by atoms with Crippen LogP contribution in [-0.2, 0) is 9.59 Å². The van der Waals surface area contributed by atoms with Crippen LogP contribution in [0.4, 0.5) is 30.4 Å². The fourth-order valence-electron chi connectivity index (χ4n) is 2.77. The van der Waals surface area contributed by atoms with Gasteiger partial charge in [0.25, 0.3) is 5.91 Å². The molecule has 0 fully saturated rings. The van der Waals surface area contributed by atoms with Gasteiger partial charge in [0.1, 0.15) is 5.82 Å². The molecule has 0 unspecified atom stereocenters. The van der Waals surface area contributed by atoms with Gasteiger partial charge in [0.2, 0.25) is 0 Å². The Morgan fingerprint density at radius 2 is 1.93 bits per heavy atom. The van der Waals surface area contributed by atoms with Crippen LogP contribution in [0.5, 0.6) is 0 Å². The van der Waals surface area contributed by atoms with Gasteiger partial charge in [-0.15, -0.1) is 0 Å². The Kier molecular flexibility index (Phi) is 6.19. The highest BCUT2D eigenvalue weighted by atomic mass is 35.5. The van der Waals surface area contributed by atoms with Gasteiger partial charge in [-0.3, -0.25) is 14.5 Å². The molecule has 0 radical (unpaired) electrons. The van der Waals surface area contributed by atoms with Gasteiger partial charge in [0.05, 0.1) is 16.4 Å². The van der Waals surface area contributed by atoms with Crippen LogP contribution >= 0.6 is 11.6 Å². The predicted molar refractivity (Wildman–Crippen MR) is 103 cm³/mol. The molecule has 2 heterocycles. The number of anilines is 3. The molecule has 1 aromatic heterocycles. The summed E-state index contributed by atoms with van der Waals surface area (Å²) >= 11 is 5.76. The number of benzene rings is 1. The molecule has 2 N–H and O–H groups in total. The van der Waals surface area contributed by atoms with E-state index >= 15 is 0 Å². The molecule has 29 heavy (non-hydrogen) atoms. The molecule has 0 bridgehead atoms. The Labute approximate surface area is 169 Å². The number of aromatic nitrogens is 1. The van der Waals surface area contributed by atoms with Crippen molar-refractivity contribution in [2.75, 3.05) is 23.3 Å². The van der Waals surface area contributed by atoms with Crippen LogP contribution in [0.25, 0.3) is 0 Å². The van der Waals surface area contributed by atoms with Crippen LogP contribution in [-0.4, -0.2) is 36.1 Å². The summed E-state index contributed by atoms with van der Waals surface area (Å²) in [5, 5.41) is 5.87. The van der Waals surface area contributed by atoms with Crippen LogP contribution < -0.4 is 15.5 Å². The van der Waals surface area contributed by atoms with E-state index in [1.54, 1.807) is 12.1 Å². The average Bonchev–Trinajstić information content (AvgIpc) is 2.70. The van der Waals surface area contributed by atoms with Crippen LogP contribution in [0.2, 0.25) is 5.02 Å². The summed E-state index contributed by atoms with van der Waals surface area (Å²) in [6.45, 7) is 1.14. The van der Waals surface area contributed by atoms with Gasteiger partial charge < -0.3 is 10.6 Å². The van der Waals surface area contributed by atoms with E-state index in [4.69, 9.17) is 11.6 Å². The van der Waals surface area contributed by atoms with E-state index in [0.29, 0.717) is 30.0 Å². The number of carbonyl (C=O) groups is 2. The molecule has 0 atom stereocenters. The summed E-state index contributed by atoms with van der Waals surface area (Å²) in [6, 6.07) is 8.23. The maximum atomic E-state index is 13.3. The maximum absolute atomic E-state index is 13.3. The van der Waals surface area contributed by atoms with Crippen LogP contribution in [0.1, 0.15) is 6.42 Å². The molecular weight excluding hydrogens is 409 g/mol. The zero-order valence-electron chi connectivity index (χ0n) is 15.0. The number of nitrogens with one attached hydrogen (secondary N) is 2. The molecule has 1 aliphatic heterocycles. The molecule has 1 aliphatic rings. The first-order valence-electron chi connectivity index (χ1n) is 8.60. The zero-order chi connectivity index (χ0) is 21.0. The molecule has 0 saturated heterocycles. The highest BCUT2D eigenvalue weighted by Crippen LogP contribution is 2.35. The lowest BCUT2D eigenvalue weighted by Gasteiger charge is -2.25. The SMILES string of the molecule is O=C(Nc1ccccc1N(C(=O)C(F)(F)F)c1ccc(Cl)cn1)C1=CCNCC1. The largest absolute Gasteiger partial charge is 0.472 e. The van der Waals surface area contributed by atoms with Crippen molar-refractivity contribution in [3.63, 3.8) is 0 Å². The predicted octanol–water partition coefficient (Wildman–Crippen LogP) is 3.82. The van der Waals surface area contributed by atoms with Crippen LogP contribution in [0, 0.1) is 0 Å². The number of rotatable bonds is 4. The van der Waals surface area contributed by atoms with E-state index in [1.165, 1.54) is 30.3 Å². The van der Waals surface area contributed by atoms with Crippen molar-refractivity contribution in [3.8, 4) is 0 Å². The number of pyridine rings is 1. The van der Waals surface area contributed by atoms with Gasteiger partial charge >= 0.3 is 12.1 Å². The molecule has 0 aliphatic carbocycles. The molecule has 6 nitrogen and oxygen atoms in total. The Hall–Kier alpha value is -2.91. The zero-order valence-corrected chi connectivity index (χ0v) is 15.7. The number of hydrogen-bond donors (Lipinski definition) is 2. The van der Waals surface area contributed by atoms with Crippen molar-refractivity contribution in [2.45, 2.75) is 12.6 Å². The number of alkyl halides is 3. The van der Waals surface area contributed by atoms with Gasteiger partial charge in [-0.25, -0.2) is 4.98 Å². The second-order valence-corrected chi connectivity index (χ2v) is 6.56. The van der Waals surface area contributed by atoms with E-state index in [0.717, 1.165) is 6.20 Å². The van der Waals surface area contributed by atoms with Gasteiger partial charge in [-0.1, -0.05) is 29.8 Å². The molecule has 0 saturated carbocycles. The van der Waals surface area contributed by atoms with Crippen molar-refractivity contribution in [1.29, 1.82) is 0 Å². The van der Waals surface area contributed by atoms with Crippen molar-refractivity contribution in [1.82, 2.24) is 10.3 Å². The Morgan fingerprint density at radius 1 is 1.17 bits per heavy atom. The average molecular weight is 425 g/mol. The highest BCUT2D eigenvalue weighted by molar-refractivity contribution is 6.30. The number of para-hydroxylation sites is 2. The van der Waals surface area contributed by atoms with Gasteiger partial charge in [0.15, 0.2) is 0 Å². The molecule has 0 spiro atoms. The van der Waals surface area contributed by atoms with E-state index in [2.05, 4.69) is 15.6 Å². The minimum Gasteiger partial charge on any atom is -0.320 e. The Balaban J connectivity index is 2.02. The number of amides is 2. The summed E-state index contributed by atoms with van der Waals surface area (Å²) in [4.78, 5) is 29.0. The van der Waals surface area contributed by atoms with Gasteiger partial charge in [0, 0.05) is 18.3 Å². The van der Waals surface area contributed by atoms with E-state index in [-0.39, 0.29) is 22.2 Å². The summed E-state index contributed by atoms with van der Waals surface area (Å²) in [7, 11) is 0. The number of carbonyl (C=O) groups excluding carboxylic acids is 2. The number of halogens is 4. The summed E-state index contributed by atoms with van der Waals surface area (Å²) in [6.07, 6.45) is -1.83. The van der Waals surface area contributed by atoms with Gasteiger partial charge in [-0.05, 0) is 37.2 Å². The molecule has 10 heteroatoms. The molecule has 2 amide bonds. The first kappa shape index (κ1) is 20.8. The standard InChI is InChI=1S/C19H16ClF3N4O2/c20-13-5-6-16(25-11-13)27(18(29)19(21,22)23)15-4-2-1-3-14(15)26-17(28)12-7-9-24-10-8-12/h1-7,11,24H,8-10H2,(H,26,28). The fraction of sp³-hybridized carbons (Fsp3) is 0.211. The Bertz CT molecular complexity index is 945. The van der Waals surface area contributed by atoms with E-state index in [9.17, 15) is 22.8 Å². The smallest absolute Gasteiger partial charge is 0.320 e. The molecular formula is C19H16ClF3N4O2. The van der Waals surface area contributed by atoms with Crippen LogP contribution in [0.3, 0.4) is 0 Å². The lowest BCUT2D eigenvalue weighted by Crippen LogP contribution is -2.39. The van der Waals surface area contributed by atoms with E-state index in [1.807, 2.05) is 0 Å². The normalized spacial score (nSPS) is 14.1. The highest BCUT2D eigenvalue weighted by Gasteiger charge is 2.44. The van der Waals surface area contributed by atoms with Crippen molar-refractivity contribution in [3.05, 3.63) is 59.3 Å². The van der Waals surface area contributed by atoms with E-state index < -0.39 is 18.0 Å². The second-order valence-electron chi connectivity index (χ2n) is 6.13. The van der Waals surface area contributed by atoms with Crippen molar-refractivity contribution in [2.24, 2.45) is 0 Å². The van der Waals surface area contributed by atoms with Crippen molar-refractivity contribution < 1.29 is 22.8 Å². The summed E-state index contributed by atoms with van der Waals surface area (Å²) in [5.41, 5.74) is 0.399. The molecule has 2 aromatic rings. The minimum absolute atomic E-state index is 0.0475. The third-order valence-corrected chi connectivity index (χ3v) is 4.36. The maximum Gasteiger partial charge on any atom is 0.472 e. The summed E-state index contributed by atoms with van der Waals surface area (Å²) < 4.78 is 39.9. The lowest BCUT2D eigenvalue weighted by molar-refractivity contribution is -0.169. The Morgan fingerprint density at radius 3 is 2.55 bits per heavy atom. The molecule has 152 valence electrons. The first-order chi connectivity index (χ1) is 13.8.